The predicted molar refractivity (Wildman–Crippen MR) is 81.1 cm³/mol. The second-order valence-corrected chi connectivity index (χ2v) is 4.92. The molecule has 0 fully saturated rings. The molecule has 4 heteroatoms. The molecule has 21 heavy (non-hydrogen) atoms. The van der Waals surface area contributed by atoms with Crippen molar-refractivity contribution in [1.29, 1.82) is 0 Å². The lowest BCUT2D eigenvalue weighted by atomic mass is 10.1. The molecule has 0 saturated carbocycles. The maximum Gasteiger partial charge on any atom is 0.234 e. The van der Waals surface area contributed by atoms with E-state index in [1.165, 1.54) is 12.1 Å². The van der Waals surface area contributed by atoms with Gasteiger partial charge < -0.3 is 10.6 Å². The van der Waals surface area contributed by atoms with Crippen LogP contribution >= 0.6 is 0 Å². The van der Waals surface area contributed by atoms with Crippen LogP contribution in [0.25, 0.3) is 0 Å². The third-order valence-electron chi connectivity index (χ3n) is 3.25. The molecular formula is C17H19FN2O. The quantitative estimate of drug-likeness (QED) is 0.857. The van der Waals surface area contributed by atoms with Gasteiger partial charge in [-0.15, -0.1) is 0 Å². The van der Waals surface area contributed by atoms with Crippen LogP contribution in [0.4, 0.5) is 4.39 Å². The van der Waals surface area contributed by atoms with E-state index in [-0.39, 0.29) is 24.3 Å². The molecule has 0 spiro atoms. The van der Waals surface area contributed by atoms with Gasteiger partial charge in [0.2, 0.25) is 5.91 Å². The molecule has 1 amide bonds. The van der Waals surface area contributed by atoms with E-state index in [9.17, 15) is 9.18 Å². The Labute approximate surface area is 124 Å². The lowest BCUT2D eigenvalue weighted by Crippen LogP contribution is -2.34. The van der Waals surface area contributed by atoms with Crippen molar-refractivity contribution in [2.75, 3.05) is 6.54 Å². The Bertz CT molecular complexity index is 586. The minimum atomic E-state index is -0.269. The summed E-state index contributed by atoms with van der Waals surface area (Å²) < 4.78 is 13.1. The number of carbonyl (C=O) groups is 1. The number of nitrogens with one attached hydrogen (secondary N) is 2. The van der Waals surface area contributed by atoms with Gasteiger partial charge in [0, 0.05) is 12.6 Å². The molecule has 0 radical (unpaired) electrons. The summed E-state index contributed by atoms with van der Waals surface area (Å²) in [6.45, 7) is 2.61. The van der Waals surface area contributed by atoms with Gasteiger partial charge in [0.05, 0.1) is 6.54 Å². The summed E-state index contributed by atoms with van der Waals surface area (Å²) in [5.74, 6) is -0.350. The second kappa shape index (κ2) is 7.55. The molecule has 3 nitrogen and oxygen atoms in total. The molecule has 2 rings (SSSR count). The molecule has 0 aliphatic rings. The van der Waals surface area contributed by atoms with Gasteiger partial charge in [-0.05, 0) is 30.2 Å². The summed E-state index contributed by atoms with van der Waals surface area (Å²) in [7, 11) is 0. The monoisotopic (exact) mass is 286 g/mol. The van der Waals surface area contributed by atoms with E-state index in [2.05, 4.69) is 10.6 Å². The van der Waals surface area contributed by atoms with Crippen LogP contribution < -0.4 is 10.6 Å². The molecule has 0 saturated heterocycles. The number of carbonyl (C=O) groups excluding carboxylic acids is 1. The van der Waals surface area contributed by atoms with Gasteiger partial charge in [-0.1, -0.05) is 42.5 Å². The van der Waals surface area contributed by atoms with Crippen molar-refractivity contribution in [3.05, 3.63) is 71.5 Å². The number of benzene rings is 2. The molecule has 1 atom stereocenters. The van der Waals surface area contributed by atoms with E-state index >= 15 is 0 Å². The van der Waals surface area contributed by atoms with Gasteiger partial charge in [-0.2, -0.15) is 0 Å². The molecule has 0 aromatic heterocycles. The first-order chi connectivity index (χ1) is 10.1. The molecular weight excluding hydrogens is 267 g/mol. The number of rotatable bonds is 6. The highest BCUT2D eigenvalue weighted by atomic mass is 19.1. The van der Waals surface area contributed by atoms with Crippen molar-refractivity contribution in [1.82, 2.24) is 10.6 Å². The lowest BCUT2D eigenvalue weighted by Gasteiger charge is -2.14. The molecule has 0 aliphatic carbocycles. The van der Waals surface area contributed by atoms with Crippen molar-refractivity contribution in [2.45, 2.75) is 19.5 Å². The SMILES string of the molecule is C[C@@H](NCC(=O)NCc1ccccc1)c1cccc(F)c1. The number of amides is 1. The highest BCUT2D eigenvalue weighted by Crippen LogP contribution is 2.12. The van der Waals surface area contributed by atoms with E-state index in [1.807, 2.05) is 43.3 Å². The fraction of sp³-hybridized carbons (Fsp3) is 0.235. The Morgan fingerprint density at radius 2 is 1.90 bits per heavy atom. The van der Waals surface area contributed by atoms with Crippen LogP contribution in [0.2, 0.25) is 0 Å². The van der Waals surface area contributed by atoms with Crippen LogP contribution in [-0.4, -0.2) is 12.5 Å². The normalized spacial score (nSPS) is 11.9. The summed E-state index contributed by atoms with van der Waals surface area (Å²) >= 11 is 0. The van der Waals surface area contributed by atoms with Crippen LogP contribution in [0.3, 0.4) is 0 Å². The molecule has 0 aliphatic heterocycles. The standard InChI is InChI=1S/C17H19FN2O/c1-13(15-8-5-9-16(18)10-15)19-12-17(21)20-11-14-6-3-2-4-7-14/h2-10,13,19H,11-12H2,1H3,(H,20,21)/t13-/m1/s1. The molecule has 2 aromatic rings. The number of hydrogen-bond donors (Lipinski definition) is 2. The third kappa shape index (κ3) is 5.00. The average Bonchev–Trinajstić information content (AvgIpc) is 2.51. The second-order valence-electron chi connectivity index (χ2n) is 4.92. The zero-order chi connectivity index (χ0) is 15.1. The van der Waals surface area contributed by atoms with Gasteiger partial charge in [-0.25, -0.2) is 4.39 Å². The molecule has 110 valence electrons. The highest BCUT2D eigenvalue weighted by molar-refractivity contribution is 5.78. The predicted octanol–water partition coefficient (Wildman–Crippen LogP) is 2.79. The minimum Gasteiger partial charge on any atom is -0.351 e. The zero-order valence-corrected chi connectivity index (χ0v) is 12.0. The van der Waals surface area contributed by atoms with Gasteiger partial charge >= 0.3 is 0 Å². The van der Waals surface area contributed by atoms with Crippen molar-refractivity contribution >= 4 is 5.91 Å². The first-order valence-electron chi connectivity index (χ1n) is 6.94. The van der Waals surface area contributed by atoms with Crippen LogP contribution in [0.5, 0.6) is 0 Å². The number of hydrogen-bond acceptors (Lipinski definition) is 2. The van der Waals surface area contributed by atoms with Crippen molar-refractivity contribution in [3.8, 4) is 0 Å². The fourth-order valence-corrected chi connectivity index (χ4v) is 2.00. The van der Waals surface area contributed by atoms with E-state index < -0.39 is 0 Å². The molecule has 0 bridgehead atoms. The molecule has 2 N–H and O–H groups in total. The van der Waals surface area contributed by atoms with Gasteiger partial charge in [0.25, 0.3) is 0 Å². The first kappa shape index (κ1) is 15.2. The number of halogens is 1. The Morgan fingerprint density at radius 3 is 2.62 bits per heavy atom. The summed E-state index contributed by atoms with van der Waals surface area (Å²) in [6, 6.07) is 16.0. The largest absolute Gasteiger partial charge is 0.351 e. The van der Waals surface area contributed by atoms with E-state index in [4.69, 9.17) is 0 Å². The highest BCUT2D eigenvalue weighted by Gasteiger charge is 2.08. The maximum absolute atomic E-state index is 13.1. The topological polar surface area (TPSA) is 41.1 Å². The summed E-state index contributed by atoms with van der Waals surface area (Å²) in [5.41, 5.74) is 1.88. The summed E-state index contributed by atoms with van der Waals surface area (Å²) in [5, 5.41) is 5.93. The van der Waals surface area contributed by atoms with Crippen LogP contribution in [-0.2, 0) is 11.3 Å². The first-order valence-corrected chi connectivity index (χ1v) is 6.94. The van der Waals surface area contributed by atoms with Crippen LogP contribution in [0, 0.1) is 5.82 Å². The smallest absolute Gasteiger partial charge is 0.234 e. The maximum atomic E-state index is 13.1. The lowest BCUT2D eigenvalue weighted by molar-refractivity contribution is -0.120. The van der Waals surface area contributed by atoms with Crippen molar-refractivity contribution in [2.24, 2.45) is 0 Å². The van der Waals surface area contributed by atoms with Crippen LogP contribution in [0.1, 0.15) is 24.1 Å². The Morgan fingerprint density at radius 1 is 1.14 bits per heavy atom. The Kier molecular flexibility index (Phi) is 5.46. The molecule has 2 aromatic carbocycles. The van der Waals surface area contributed by atoms with E-state index in [1.54, 1.807) is 6.07 Å². The minimum absolute atomic E-state index is 0.0804. The average molecular weight is 286 g/mol. The Balaban J connectivity index is 1.76. The van der Waals surface area contributed by atoms with Crippen molar-refractivity contribution in [3.63, 3.8) is 0 Å². The molecule has 0 heterocycles. The van der Waals surface area contributed by atoms with E-state index in [0.717, 1.165) is 11.1 Å². The Hall–Kier alpha value is -2.20. The van der Waals surface area contributed by atoms with Crippen LogP contribution in [0.15, 0.2) is 54.6 Å². The van der Waals surface area contributed by atoms with Gasteiger partial charge in [-0.3, -0.25) is 4.79 Å². The van der Waals surface area contributed by atoms with Gasteiger partial charge in [0.1, 0.15) is 5.82 Å². The summed E-state index contributed by atoms with van der Waals surface area (Å²) in [4.78, 5) is 11.8. The van der Waals surface area contributed by atoms with E-state index in [0.29, 0.717) is 6.54 Å². The van der Waals surface area contributed by atoms with Gasteiger partial charge in [0.15, 0.2) is 0 Å². The molecule has 0 unspecified atom stereocenters. The zero-order valence-electron chi connectivity index (χ0n) is 12.0. The fourth-order valence-electron chi connectivity index (χ4n) is 2.00. The third-order valence-corrected chi connectivity index (χ3v) is 3.25. The van der Waals surface area contributed by atoms with Crippen molar-refractivity contribution < 1.29 is 9.18 Å². The summed E-state index contributed by atoms with van der Waals surface area (Å²) in [6.07, 6.45) is 0.